The molecular formula is C17H24N2O. The van der Waals surface area contributed by atoms with Gasteiger partial charge in [-0.3, -0.25) is 4.79 Å². The first-order valence-electron chi connectivity index (χ1n) is 7.64. The van der Waals surface area contributed by atoms with E-state index < -0.39 is 5.41 Å². The number of benzene rings is 1. The number of carbonyl (C=O) groups is 1. The van der Waals surface area contributed by atoms with Crippen LogP contribution >= 0.6 is 0 Å². The van der Waals surface area contributed by atoms with E-state index in [9.17, 15) is 4.79 Å². The summed E-state index contributed by atoms with van der Waals surface area (Å²) in [5.41, 5.74) is 6.74. The van der Waals surface area contributed by atoms with Crippen LogP contribution in [-0.2, 0) is 10.2 Å². The summed E-state index contributed by atoms with van der Waals surface area (Å²) < 4.78 is 0. The summed E-state index contributed by atoms with van der Waals surface area (Å²) in [6, 6.07) is 11.1. The van der Waals surface area contributed by atoms with Crippen LogP contribution in [0.15, 0.2) is 30.3 Å². The Kier molecular flexibility index (Phi) is 3.33. The minimum Gasteiger partial charge on any atom is -0.336 e. The highest BCUT2D eigenvalue weighted by atomic mass is 16.2. The van der Waals surface area contributed by atoms with E-state index in [-0.39, 0.29) is 11.9 Å². The monoisotopic (exact) mass is 272 g/mol. The first-order chi connectivity index (χ1) is 9.50. The molecule has 3 heteroatoms. The summed E-state index contributed by atoms with van der Waals surface area (Å²) in [5.74, 6) is 0.267. The van der Waals surface area contributed by atoms with E-state index in [0.717, 1.165) is 31.2 Å². The van der Waals surface area contributed by atoms with E-state index in [4.69, 9.17) is 5.73 Å². The summed E-state index contributed by atoms with van der Waals surface area (Å²) in [5, 5.41) is 0. The third-order valence-electron chi connectivity index (χ3n) is 5.03. The molecule has 2 aliphatic heterocycles. The zero-order valence-corrected chi connectivity index (χ0v) is 12.4. The van der Waals surface area contributed by atoms with Crippen LogP contribution in [0.1, 0.15) is 45.1 Å². The zero-order chi connectivity index (χ0) is 14.3. The normalized spacial score (nSPS) is 29.6. The van der Waals surface area contributed by atoms with E-state index >= 15 is 0 Å². The van der Waals surface area contributed by atoms with E-state index in [1.54, 1.807) is 0 Å². The fourth-order valence-electron chi connectivity index (χ4n) is 3.85. The Hall–Kier alpha value is -1.35. The molecule has 3 rings (SSSR count). The molecule has 1 aromatic rings. The summed E-state index contributed by atoms with van der Waals surface area (Å²) in [6.07, 6.45) is 4.17. The van der Waals surface area contributed by atoms with Crippen molar-refractivity contribution in [3.63, 3.8) is 0 Å². The summed E-state index contributed by atoms with van der Waals surface area (Å²) in [6.45, 7) is 4.08. The van der Waals surface area contributed by atoms with Crippen LogP contribution < -0.4 is 5.73 Å². The minimum absolute atomic E-state index is 0.267. The topological polar surface area (TPSA) is 46.3 Å². The second kappa shape index (κ2) is 4.88. The Bertz CT molecular complexity index is 483. The average Bonchev–Trinajstić information content (AvgIpc) is 2.70. The number of hydrogen-bond acceptors (Lipinski definition) is 2. The van der Waals surface area contributed by atoms with Gasteiger partial charge in [-0.05, 0) is 45.1 Å². The van der Waals surface area contributed by atoms with E-state index in [1.807, 2.05) is 32.0 Å². The number of amides is 1. The number of fused-ring (bicyclic) bond motifs is 2. The lowest BCUT2D eigenvalue weighted by Gasteiger charge is -2.42. The van der Waals surface area contributed by atoms with Gasteiger partial charge in [-0.25, -0.2) is 0 Å². The van der Waals surface area contributed by atoms with Gasteiger partial charge < -0.3 is 10.6 Å². The van der Waals surface area contributed by atoms with Gasteiger partial charge in [-0.15, -0.1) is 0 Å². The lowest BCUT2D eigenvalue weighted by atomic mass is 9.81. The van der Waals surface area contributed by atoms with Crippen molar-refractivity contribution in [3.8, 4) is 0 Å². The van der Waals surface area contributed by atoms with Gasteiger partial charge in [-0.2, -0.15) is 0 Å². The molecule has 20 heavy (non-hydrogen) atoms. The molecule has 0 aromatic heterocycles. The Morgan fingerprint density at radius 1 is 1.15 bits per heavy atom. The summed E-state index contributed by atoms with van der Waals surface area (Å²) in [7, 11) is 0. The number of nitrogens with two attached hydrogens (primary N) is 1. The molecule has 2 saturated heterocycles. The van der Waals surface area contributed by atoms with Crippen molar-refractivity contribution in [2.75, 3.05) is 0 Å². The van der Waals surface area contributed by atoms with Crippen molar-refractivity contribution in [2.24, 2.45) is 5.73 Å². The van der Waals surface area contributed by atoms with Gasteiger partial charge in [0, 0.05) is 18.1 Å². The molecule has 2 atom stereocenters. The predicted octanol–water partition coefficient (Wildman–Crippen LogP) is 2.44. The van der Waals surface area contributed by atoms with Crippen molar-refractivity contribution in [3.05, 3.63) is 35.9 Å². The number of rotatable bonds is 2. The lowest BCUT2D eigenvalue weighted by molar-refractivity contribution is -0.141. The van der Waals surface area contributed by atoms with Gasteiger partial charge in [0.2, 0.25) is 5.91 Å². The van der Waals surface area contributed by atoms with Gasteiger partial charge in [-0.1, -0.05) is 30.3 Å². The van der Waals surface area contributed by atoms with Crippen LogP contribution in [0.3, 0.4) is 0 Å². The fourth-order valence-corrected chi connectivity index (χ4v) is 3.85. The van der Waals surface area contributed by atoms with Gasteiger partial charge in [0.1, 0.15) is 0 Å². The zero-order valence-electron chi connectivity index (χ0n) is 12.4. The molecule has 108 valence electrons. The molecule has 2 N–H and O–H groups in total. The molecule has 1 amide bonds. The fraction of sp³-hybridized carbons (Fsp3) is 0.588. The largest absolute Gasteiger partial charge is 0.336 e. The molecule has 0 saturated carbocycles. The molecule has 2 fully saturated rings. The van der Waals surface area contributed by atoms with Crippen LogP contribution in [0.4, 0.5) is 0 Å². The van der Waals surface area contributed by atoms with Crippen molar-refractivity contribution < 1.29 is 4.79 Å². The lowest BCUT2D eigenvalue weighted by Crippen LogP contribution is -2.54. The Balaban J connectivity index is 1.86. The molecule has 2 heterocycles. The van der Waals surface area contributed by atoms with Crippen LogP contribution in [-0.4, -0.2) is 28.9 Å². The molecule has 0 radical (unpaired) electrons. The van der Waals surface area contributed by atoms with Crippen LogP contribution in [0.2, 0.25) is 0 Å². The Morgan fingerprint density at radius 2 is 1.70 bits per heavy atom. The average molecular weight is 272 g/mol. The summed E-state index contributed by atoms with van der Waals surface area (Å²) >= 11 is 0. The molecule has 0 aliphatic carbocycles. The Morgan fingerprint density at radius 3 is 2.25 bits per heavy atom. The van der Waals surface area contributed by atoms with Crippen LogP contribution in [0.25, 0.3) is 0 Å². The maximum Gasteiger partial charge on any atom is 0.233 e. The van der Waals surface area contributed by atoms with E-state index in [0.29, 0.717) is 12.1 Å². The third-order valence-corrected chi connectivity index (χ3v) is 5.03. The SMILES string of the molecule is CC(C)(C(=O)N1C2CCC1CC(N)C2)c1ccccc1. The number of carbonyl (C=O) groups excluding carboxylic acids is 1. The minimum atomic E-state index is -0.455. The first kappa shape index (κ1) is 13.6. The van der Waals surface area contributed by atoms with Gasteiger partial charge in [0.15, 0.2) is 0 Å². The van der Waals surface area contributed by atoms with Crippen molar-refractivity contribution in [2.45, 2.75) is 63.1 Å². The highest BCUT2D eigenvalue weighted by molar-refractivity contribution is 5.88. The van der Waals surface area contributed by atoms with Gasteiger partial charge in [0.25, 0.3) is 0 Å². The van der Waals surface area contributed by atoms with Gasteiger partial charge >= 0.3 is 0 Å². The second-order valence-electron chi connectivity index (χ2n) is 6.82. The number of hydrogen-bond donors (Lipinski definition) is 1. The maximum absolute atomic E-state index is 13.1. The summed E-state index contributed by atoms with van der Waals surface area (Å²) in [4.78, 5) is 15.2. The smallest absolute Gasteiger partial charge is 0.233 e. The third kappa shape index (κ3) is 2.14. The second-order valence-corrected chi connectivity index (χ2v) is 6.82. The molecule has 1 aromatic carbocycles. The quantitative estimate of drug-likeness (QED) is 0.899. The molecular weight excluding hydrogens is 248 g/mol. The van der Waals surface area contributed by atoms with E-state index in [2.05, 4.69) is 17.0 Å². The molecule has 2 unspecified atom stereocenters. The maximum atomic E-state index is 13.1. The molecule has 0 spiro atoms. The highest BCUT2D eigenvalue weighted by Gasteiger charge is 2.46. The van der Waals surface area contributed by atoms with E-state index in [1.165, 1.54) is 0 Å². The van der Waals surface area contributed by atoms with Crippen LogP contribution in [0.5, 0.6) is 0 Å². The van der Waals surface area contributed by atoms with Crippen molar-refractivity contribution in [1.82, 2.24) is 4.90 Å². The number of nitrogens with zero attached hydrogens (tertiary/aromatic N) is 1. The molecule has 2 aliphatic rings. The molecule has 2 bridgehead atoms. The predicted molar refractivity (Wildman–Crippen MR) is 80.3 cm³/mol. The van der Waals surface area contributed by atoms with Crippen molar-refractivity contribution in [1.29, 1.82) is 0 Å². The Labute approximate surface area is 121 Å². The number of piperidine rings is 1. The van der Waals surface area contributed by atoms with Crippen molar-refractivity contribution >= 4 is 5.91 Å². The first-order valence-corrected chi connectivity index (χ1v) is 7.64. The highest BCUT2D eigenvalue weighted by Crippen LogP contribution is 2.38. The standard InChI is InChI=1S/C17H24N2O/c1-17(2,12-6-4-3-5-7-12)16(20)19-14-8-9-15(19)11-13(18)10-14/h3-7,13-15H,8-11,18H2,1-2H3. The molecule has 3 nitrogen and oxygen atoms in total. The van der Waals surface area contributed by atoms with Gasteiger partial charge in [0.05, 0.1) is 5.41 Å². The van der Waals surface area contributed by atoms with Crippen LogP contribution in [0, 0.1) is 0 Å².